The maximum Gasteiger partial charge on any atom is 0.185 e. The van der Waals surface area contributed by atoms with Gasteiger partial charge in [-0.25, -0.2) is 22.5 Å². The van der Waals surface area contributed by atoms with Crippen molar-refractivity contribution in [3.63, 3.8) is 0 Å². The van der Waals surface area contributed by atoms with Crippen LogP contribution in [-0.2, 0) is 0 Å². The van der Waals surface area contributed by atoms with Crippen molar-refractivity contribution in [3.8, 4) is 0 Å². The Morgan fingerprint density at radius 2 is 1.63 bits per heavy atom. The molecule has 0 saturated heterocycles. The van der Waals surface area contributed by atoms with E-state index in [2.05, 4.69) is 15.6 Å². The molecule has 0 amide bonds. The Balaban J connectivity index is 2.43. The summed E-state index contributed by atoms with van der Waals surface area (Å²) in [5.41, 5.74) is -0.645. The van der Waals surface area contributed by atoms with Crippen LogP contribution in [0.2, 0.25) is 0 Å². The first-order valence-corrected chi connectivity index (χ1v) is 5.26. The standard InChI is InChI=1S/C12H9F4N3/c1-17-9-4-6(2-3-18-9)19-12-10(15)7(13)5-8(14)11(12)16/h2-5H,1H3,(H2,17,18,19). The van der Waals surface area contributed by atoms with E-state index >= 15 is 0 Å². The van der Waals surface area contributed by atoms with Crippen LogP contribution in [0.5, 0.6) is 0 Å². The Morgan fingerprint density at radius 1 is 1.00 bits per heavy atom. The zero-order valence-corrected chi connectivity index (χ0v) is 9.77. The van der Waals surface area contributed by atoms with E-state index in [1.54, 1.807) is 7.05 Å². The lowest BCUT2D eigenvalue weighted by Crippen LogP contribution is -2.03. The van der Waals surface area contributed by atoms with Gasteiger partial charge in [-0.3, -0.25) is 0 Å². The smallest absolute Gasteiger partial charge is 0.185 e. The molecule has 0 radical (unpaired) electrons. The number of nitrogens with one attached hydrogen (secondary N) is 2. The second kappa shape index (κ2) is 5.13. The molecule has 7 heteroatoms. The molecule has 2 aromatic rings. The quantitative estimate of drug-likeness (QED) is 0.663. The van der Waals surface area contributed by atoms with Gasteiger partial charge in [-0.2, -0.15) is 0 Å². The first-order valence-electron chi connectivity index (χ1n) is 5.26. The minimum Gasteiger partial charge on any atom is -0.373 e. The van der Waals surface area contributed by atoms with Crippen molar-refractivity contribution in [1.29, 1.82) is 0 Å². The van der Waals surface area contributed by atoms with Crippen LogP contribution in [0.15, 0.2) is 24.4 Å². The van der Waals surface area contributed by atoms with Crippen molar-refractivity contribution < 1.29 is 17.6 Å². The number of aromatic nitrogens is 1. The Morgan fingerprint density at radius 3 is 2.21 bits per heavy atom. The van der Waals surface area contributed by atoms with Gasteiger partial charge in [0.15, 0.2) is 23.3 Å². The van der Waals surface area contributed by atoms with Crippen molar-refractivity contribution >= 4 is 17.2 Å². The minimum atomic E-state index is -1.48. The van der Waals surface area contributed by atoms with Crippen LogP contribution in [0.25, 0.3) is 0 Å². The Kier molecular flexibility index (Phi) is 3.55. The highest BCUT2D eigenvalue weighted by Crippen LogP contribution is 2.27. The first kappa shape index (κ1) is 13.1. The van der Waals surface area contributed by atoms with E-state index in [1.165, 1.54) is 18.3 Å². The van der Waals surface area contributed by atoms with Gasteiger partial charge in [-0.05, 0) is 6.07 Å². The van der Waals surface area contributed by atoms with E-state index in [0.29, 0.717) is 5.82 Å². The van der Waals surface area contributed by atoms with Crippen LogP contribution in [0.3, 0.4) is 0 Å². The number of hydrogen-bond donors (Lipinski definition) is 2. The summed E-state index contributed by atoms with van der Waals surface area (Å²) in [7, 11) is 1.61. The van der Waals surface area contributed by atoms with Crippen molar-refractivity contribution in [2.45, 2.75) is 0 Å². The lowest BCUT2D eigenvalue weighted by Gasteiger charge is -2.10. The predicted molar refractivity (Wildman–Crippen MR) is 63.3 cm³/mol. The number of hydrogen-bond acceptors (Lipinski definition) is 3. The van der Waals surface area contributed by atoms with E-state index in [9.17, 15) is 17.6 Å². The van der Waals surface area contributed by atoms with E-state index in [1.807, 2.05) is 0 Å². The molecule has 0 aliphatic carbocycles. The Hall–Kier alpha value is -2.31. The number of benzene rings is 1. The van der Waals surface area contributed by atoms with E-state index in [0.717, 1.165) is 0 Å². The molecule has 0 aliphatic heterocycles. The average Bonchev–Trinajstić information content (AvgIpc) is 2.41. The summed E-state index contributed by atoms with van der Waals surface area (Å²) in [5, 5.41) is 5.01. The third kappa shape index (κ3) is 2.59. The number of anilines is 3. The van der Waals surface area contributed by atoms with Gasteiger partial charge in [-0.15, -0.1) is 0 Å². The average molecular weight is 271 g/mol. The van der Waals surface area contributed by atoms with E-state index in [4.69, 9.17) is 0 Å². The predicted octanol–water partition coefficient (Wildman–Crippen LogP) is 3.42. The molecular formula is C12H9F4N3. The van der Waals surface area contributed by atoms with Gasteiger partial charge in [0.05, 0.1) is 0 Å². The largest absolute Gasteiger partial charge is 0.373 e. The molecule has 0 spiro atoms. The van der Waals surface area contributed by atoms with Crippen LogP contribution in [0.4, 0.5) is 34.8 Å². The van der Waals surface area contributed by atoms with Gasteiger partial charge in [0.2, 0.25) is 0 Å². The van der Waals surface area contributed by atoms with Crippen molar-refractivity contribution in [1.82, 2.24) is 4.98 Å². The monoisotopic (exact) mass is 271 g/mol. The summed E-state index contributed by atoms with van der Waals surface area (Å²) < 4.78 is 52.9. The second-order valence-corrected chi connectivity index (χ2v) is 3.65. The molecule has 1 aromatic heterocycles. The molecule has 0 unspecified atom stereocenters. The van der Waals surface area contributed by atoms with Gasteiger partial charge >= 0.3 is 0 Å². The molecule has 2 N–H and O–H groups in total. The van der Waals surface area contributed by atoms with Crippen LogP contribution >= 0.6 is 0 Å². The third-order valence-corrected chi connectivity index (χ3v) is 2.40. The molecule has 0 fully saturated rings. The maximum atomic E-state index is 13.4. The molecule has 2 rings (SSSR count). The molecule has 100 valence electrons. The number of nitrogens with zero attached hydrogens (tertiary/aromatic N) is 1. The second-order valence-electron chi connectivity index (χ2n) is 3.65. The summed E-state index contributed by atoms with van der Waals surface area (Å²) in [6.45, 7) is 0. The van der Waals surface area contributed by atoms with Gasteiger partial charge in [0.25, 0.3) is 0 Å². The fourth-order valence-corrected chi connectivity index (χ4v) is 1.47. The van der Waals surface area contributed by atoms with Gasteiger partial charge in [0, 0.05) is 31.1 Å². The summed E-state index contributed by atoms with van der Waals surface area (Å²) in [5.74, 6) is -5.47. The molecule has 0 bridgehead atoms. The zero-order valence-electron chi connectivity index (χ0n) is 9.77. The summed E-state index contributed by atoms with van der Waals surface area (Å²) in [6.07, 6.45) is 1.37. The first-order chi connectivity index (χ1) is 9.02. The van der Waals surface area contributed by atoms with E-state index < -0.39 is 29.0 Å². The van der Waals surface area contributed by atoms with Crippen LogP contribution < -0.4 is 10.6 Å². The third-order valence-electron chi connectivity index (χ3n) is 2.40. The molecule has 3 nitrogen and oxygen atoms in total. The van der Waals surface area contributed by atoms with Gasteiger partial charge < -0.3 is 10.6 Å². The van der Waals surface area contributed by atoms with Crippen molar-refractivity contribution in [2.24, 2.45) is 0 Å². The van der Waals surface area contributed by atoms with Crippen molar-refractivity contribution in [3.05, 3.63) is 47.7 Å². The number of rotatable bonds is 3. The topological polar surface area (TPSA) is 37.0 Å². The van der Waals surface area contributed by atoms with Crippen LogP contribution in [0, 0.1) is 23.3 Å². The van der Waals surface area contributed by atoms with Gasteiger partial charge in [-0.1, -0.05) is 0 Å². The fraction of sp³-hybridized carbons (Fsp3) is 0.0833. The molecule has 0 aliphatic rings. The highest BCUT2D eigenvalue weighted by Gasteiger charge is 2.19. The van der Waals surface area contributed by atoms with Crippen molar-refractivity contribution in [2.75, 3.05) is 17.7 Å². The summed E-state index contributed by atoms with van der Waals surface area (Å²) >= 11 is 0. The number of halogens is 4. The minimum absolute atomic E-state index is 0.154. The molecule has 0 atom stereocenters. The van der Waals surface area contributed by atoms with Crippen LogP contribution in [-0.4, -0.2) is 12.0 Å². The van der Waals surface area contributed by atoms with Crippen LogP contribution in [0.1, 0.15) is 0 Å². The molecule has 0 saturated carbocycles. The zero-order chi connectivity index (χ0) is 14.0. The van der Waals surface area contributed by atoms with Gasteiger partial charge in [0.1, 0.15) is 11.5 Å². The highest BCUT2D eigenvalue weighted by molar-refractivity contribution is 5.63. The SMILES string of the molecule is CNc1cc(Nc2c(F)c(F)cc(F)c2F)ccn1. The lowest BCUT2D eigenvalue weighted by molar-refractivity contribution is 0.459. The fourth-order valence-electron chi connectivity index (χ4n) is 1.47. The Bertz CT molecular complexity index is 590. The summed E-state index contributed by atoms with van der Waals surface area (Å²) in [4.78, 5) is 3.89. The maximum absolute atomic E-state index is 13.4. The molecule has 1 aromatic carbocycles. The Labute approximate surface area is 106 Å². The number of pyridine rings is 1. The summed E-state index contributed by atoms with van der Waals surface area (Å²) in [6, 6.07) is 2.99. The van der Waals surface area contributed by atoms with E-state index in [-0.39, 0.29) is 11.8 Å². The molecular weight excluding hydrogens is 262 g/mol. The molecule has 1 heterocycles. The molecule has 19 heavy (non-hydrogen) atoms. The normalized spacial score (nSPS) is 10.4. The highest BCUT2D eigenvalue weighted by atomic mass is 19.2. The lowest BCUT2D eigenvalue weighted by atomic mass is 10.2.